The van der Waals surface area contributed by atoms with Crippen LogP contribution in [0.1, 0.15) is 12.8 Å². The van der Waals surface area contributed by atoms with Crippen molar-refractivity contribution in [2.24, 2.45) is 0 Å². The van der Waals surface area contributed by atoms with Crippen molar-refractivity contribution in [3.05, 3.63) is 11.9 Å². The van der Waals surface area contributed by atoms with Gasteiger partial charge in [-0.2, -0.15) is 101 Å². The van der Waals surface area contributed by atoms with Gasteiger partial charge in [0.05, 0.1) is 0 Å². The van der Waals surface area contributed by atoms with E-state index >= 15 is 0 Å². The maximum Gasteiger partial charge on any atom is 0.460 e. The van der Waals surface area contributed by atoms with Gasteiger partial charge in [0.2, 0.25) is 0 Å². The van der Waals surface area contributed by atoms with E-state index in [2.05, 4.69) is 0 Å². The third kappa shape index (κ3) is 5.46. The second-order valence-electron chi connectivity index (χ2n) is 7.73. The van der Waals surface area contributed by atoms with Gasteiger partial charge in [-0.3, -0.25) is 0 Å². The summed E-state index contributed by atoms with van der Waals surface area (Å²) in [6, 6.07) is 0. The van der Waals surface area contributed by atoms with Crippen molar-refractivity contribution < 1.29 is 110 Å². The minimum Gasteiger partial charge on any atom is -0.396 e. The molecule has 1 nitrogen and oxygen atoms in total. The summed E-state index contributed by atoms with van der Waals surface area (Å²) in [5.41, 5.74) is 0. The first-order valence-electron chi connectivity index (χ1n) is 9.26. The zero-order valence-corrected chi connectivity index (χ0v) is 18.2. The van der Waals surface area contributed by atoms with Crippen molar-refractivity contribution in [1.82, 2.24) is 0 Å². The van der Waals surface area contributed by atoms with Crippen LogP contribution in [0.25, 0.3) is 0 Å². The molecular weight excluding hydrogens is 664 g/mol. The molecule has 0 aromatic heterocycles. The van der Waals surface area contributed by atoms with Gasteiger partial charge in [0.1, 0.15) is 0 Å². The Morgan fingerprint density at radius 2 is 0.756 bits per heavy atom. The van der Waals surface area contributed by atoms with Gasteiger partial charge in [-0.25, -0.2) is 4.39 Å². The van der Waals surface area contributed by atoms with Crippen LogP contribution in [0, 0.1) is 0 Å². The van der Waals surface area contributed by atoms with E-state index in [1.807, 2.05) is 0 Å². The lowest BCUT2D eigenvalue weighted by Gasteiger charge is -2.40. The van der Waals surface area contributed by atoms with E-state index in [4.69, 9.17) is 5.11 Å². The van der Waals surface area contributed by atoms with Gasteiger partial charge in [-0.05, 0) is 6.08 Å². The summed E-state index contributed by atoms with van der Waals surface area (Å²) in [7, 11) is 0. The lowest BCUT2D eigenvalue weighted by Crippen LogP contribution is -2.70. The predicted molar refractivity (Wildman–Crippen MR) is 81.0 cm³/mol. The minimum atomic E-state index is -8.56. The van der Waals surface area contributed by atoms with Gasteiger partial charge >= 0.3 is 65.4 Å². The largest absolute Gasteiger partial charge is 0.460 e. The third-order valence-corrected chi connectivity index (χ3v) is 4.90. The maximum absolute atomic E-state index is 13.6. The lowest BCUT2D eigenvalue weighted by atomic mass is 9.91. The van der Waals surface area contributed by atoms with Crippen molar-refractivity contribution in [3.8, 4) is 0 Å². The molecule has 0 saturated heterocycles. The topological polar surface area (TPSA) is 20.2 Å². The van der Waals surface area contributed by atoms with Crippen molar-refractivity contribution in [3.63, 3.8) is 0 Å². The van der Waals surface area contributed by atoms with Crippen molar-refractivity contribution in [2.45, 2.75) is 78.2 Å². The summed E-state index contributed by atoms with van der Waals surface area (Å²) in [6.45, 7) is -2.21. The van der Waals surface area contributed by atoms with Crippen LogP contribution in [0.5, 0.6) is 0 Å². The Labute approximate surface area is 208 Å². The number of alkyl halides is 23. The SMILES string of the molecule is OCCC(F)(F)C(F)(F)C(F)(F)C(F)(F)C(F)(F)C(F)=CCC(F)(F)C(F)(F)C(F)(F)C(F)(F)C(F)(F)C(F)(F)F. The second kappa shape index (κ2) is 10.3. The highest BCUT2D eigenvalue weighted by molar-refractivity contribution is 5.19. The molecule has 25 heteroatoms. The average molecular weight is 672 g/mol. The third-order valence-electron chi connectivity index (χ3n) is 4.90. The Morgan fingerprint density at radius 3 is 1.10 bits per heavy atom. The first-order valence-corrected chi connectivity index (χ1v) is 9.26. The highest BCUT2D eigenvalue weighted by Crippen LogP contribution is 2.62. The first-order chi connectivity index (χ1) is 17.4. The molecule has 0 aliphatic rings. The molecule has 0 aliphatic heterocycles. The number of aliphatic hydroxyl groups excluding tert-OH is 1. The van der Waals surface area contributed by atoms with Crippen LogP contribution in [-0.4, -0.2) is 77.1 Å². The van der Waals surface area contributed by atoms with E-state index in [9.17, 15) is 105 Å². The fourth-order valence-electron chi connectivity index (χ4n) is 2.35. The monoisotopic (exact) mass is 672 g/mol. The van der Waals surface area contributed by atoms with Gasteiger partial charge in [0.15, 0.2) is 5.83 Å². The first kappa shape index (κ1) is 39.0. The van der Waals surface area contributed by atoms with E-state index in [1.165, 1.54) is 0 Å². The molecule has 0 saturated carbocycles. The molecule has 0 aromatic carbocycles. The molecule has 0 rings (SSSR count). The highest BCUT2D eigenvalue weighted by Gasteiger charge is 2.91. The number of aliphatic hydroxyl groups is 1. The van der Waals surface area contributed by atoms with E-state index in [0.717, 1.165) is 0 Å². The smallest absolute Gasteiger partial charge is 0.396 e. The Morgan fingerprint density at radius 1 is 0.439 bits per heavy atom. The molecule has 246 valence electrons. The number of halogens is 24. The maximum atomic E-state index is 13.6. The average Bonchev–Trinajstić information content (AvgIpc) is 2.75. The van der Waals surface area contributed by atoms with Crippen LogP contribution >= 0.6 is 0 Å². The van der Waals surface area contributed by atoms with Crippen LogP contribution in [0.3, 0.4) is 0 Å². The highest BCUT2D eigenvalue weighted by atomic mass is 19.4. The van der Waals surface area contributed by atoms with Crippen LogP contribution in [0.15, 0.2) is 11.9 Å². The number of rotatable bonds is 13. The van der Waals surface area contributed by atoms with Crippen molar-refractivity contribution in [1.29, 1.82) is 0 Å². The van der Waals surface area contributed by atoms with Gasteiger partial charge in [0.25, 0.3) is 0 Å². The summed E-state index contributed by atoms with van der Waals surface area (Å²) in [6.07, 6.45) is -17.2. The fourth-order valence-corrected chi connectivity index (χ4v) is 2.35. The summed E-state index contributed by atoms with van der Waals surface area (Å²) < 4.78 is 315. The Hall–Kier alpha value is -1.98. The van der Waals surface area contributed by atoms with E-state index < -0.39 is 96.8 Å². The minimum absolute atomic E-state index is 2.21. The Bertz CT molecular complexity index is 955. The van der Waals surface area contributed by atoms with Gasteiger partial charge in [-0.15, -0.1) is 0 Å². The molecule has 0 heterocycles. The Kier molecular flexibility index (Phi) is 9.83. The van der Waals surface area contributed by atoms with Gasteiger partial charge in [0, 0.05) is 19.4 Å². The van der Waals surface area contributed by atoms with E-state index in [-0.39, 0.29) is 0 Å². The van der Waals surface area contributed by atoms with Crippen LogP contribution in [0.4, 0.5) is 105 Å². The van der Waals surface area contributed by atoms with Crippen LogP contribution in [-0.2, 0) is 0 Å². The molecule has 41 heavy (non-hydrogen) atoms. The molecule has 0 aliphatic carbocycles. The summed E-state index contributed by atoms with van der Waals surface area (Å²) in [5.74, 6) is -84.1. The van der Waals surface area contributed by atoms with Crippen LogP contribution in [0.2, 0.25) is 0 Å². The molecule has 0 bridgehead atoms. The quantitative estimate of drug-likeness (QED) is 0.195. The predicted octanol–water partition coefficient (Wildman–Crippen LogP) is 8.53. The summed E-state index contributed by atoms with van der Waals surface area (Å²) in [4.78, 5) is 0. The standard InChI is InChI=1S/C16H8F24O/c17-5(8(22,23)11(28,29)12(30,31)10(26,27)7(20,21)3-4-41)1-2-6(18,19)9(24,25)13(32,33)14(34,35)15(36,37)16(38,39)40/h1,41H,2-4H2. The molecule has 0 spiro atoms. The molecule has 0 fully saturated rings. The van der Waals surface area contributed by atoms with Crippen molar-refractivity contribution in [2.75, 3.05) is 6.61 Å². The summed E-state index contributed by atoms with van der Waals surface area (Å²) in [5, 5.41) is 8.09. The molecule has 0 unspecified atom stereocenters. The number of allylic oxidation sites excluding steroid dienone is 2. The molecule has 0 aromatic rings. The van der Waals surface area contributed by atoms with E-state index in [0.29, 0.717) is 0 Å². The summed E-state index contributed by atoms with van der Waals surface area (Å²) >= 11 is 0. The molecular formula is C16H8F24O. The van der Waals surface area contributed by atoms with Crippen LogP contribution < -0.4 is 0 Å². The normalized spacial score (nSPS) is 16.9. The fraction of sp³-hybridized carbons (Fsp3) is 0.875. The zero-order valence-electron chi connectivity index (χ0n) is 18.2. The van der Waals surface area contributed by atoms with Crippen molar-refractivity contribution >= 4 is 0 Å². The molecule has 0 amide bonds. The van der Waals surface area contributed by atoms with E-state index in [1.54, 1.807) is 0 Å². The molecule has 1 N–H and O–H groups in total. The number of hydrogen-bond donors (Lipinski definition) is 1. The Balaban J connectivity index is 6.68. The molecule has 0 radical (unpaired) electrons. The molecule has 0 atom stereocenters. The lowest BCUT2D eigenvalue weighted by molar-refractivity contribution is -0.439. The van der Waals surface area contributed by atoms with Gasteiger partial charge < -0.3 is 5.11 Å². The second-order valence-corrected chi connectivity index (χ2v) is 7.73. The zero-order chi connectivity index (χ0) is 33.9. The number of hydrogen-bond acceptors (Lipinski definition) is 1. The van der Waals surface area contributed by atoms with Gasteiger partial charge in [-0.1, -0.05) is 0 Å².